The highest BCUT2D eigenvalue weighted by Crippen LogP contribution is 2.44. The van der Waals surface area contributed by atoms with E-state index in [0.29, 0.717) is 0 Å². The van der Waals surface area contributed by atoms with Crippen LogP contribution in [0.2, 0.25) is 0 Å². The molecule has 1 aromatic carbocycles. The standard InChI is InChI=1S/C25H26F3N5O4/c1-24(2,3)37-23(36)32-19-11-20(33(4)16-5-6-16)17(25(26,27)28)10-18(19)31-22(35)12-21(34)14-7-8-30-15(9-14)13-29/h7-11,16H,5-6,12H2,1-4H3,(H,31,35)(H,32,36). The predicted octanol–water partition coefficient (Wildman–Crippen LogP) is 5.13. The zero-order valence-electron chi connectivity index (χ0n) is 20.7. The van der Waals surface area contributed by atoms with Crippen molar-refractivity contribution in [1.29, 1.82) is 5.26 Å². The maximum atomic E-state index is 14.0. The summed E-state index contributed by atoms with van der Waals surface area (Å²) in [6, 6.07) is 6.08. The Labute approximate surface area is 211 Å². The van der Waals surface area contributed by atoms with Crippen LogP contribution in [-0.4, -0.2) is 41.5 Å². The molecule has 196 valence electrons. The van der Waals surface area contributed by atoms with Gasteiger partial charge in [-0.1, -0.05) is 0 Å². The molecule has 1 fully saturated rings. The summed E-state index contributed by atoms with van der Waals surface area (Å²) in [5.74, 6) is -1.58. The number of alkyl halides is 3. The number of carbonyl (C=O) groups is 3. The maximum Gasteiger partial charge on any atom is 0.418 e. The van der Waals surface area contributed by atoms with Crippen LogP contribution in [0, 0.1) is 11.3 Å². The first kappa shape index (κ1) is 27.4. The molecule has 0 bridgehead atoms. The van der Waals surface area contributed by atoms with Crippen LogP contribution >= 0.6 is 0 Å². The summed E-state index contributed by atoms with van der Waals surface area (Å²) in [5.41, 5.74) is -2.52. The third-order valence-corrected chi connectivity index (χ3v) is 5.34. The molecule has 0 atom stereocenters. The third-order valence-electron chi connectivity index (χ3n) is 5.34. The molecular formula is C25H26F3N5O4. The third kappa shape index (κ3) is 7.42. The zero-order valence-corrected chi connectivity index (χ0v) is 20.7. The Hall–Kier alpha value is -4.14. The number of ketones is 1. The molecule has 12 heteroatoms. The van der Waals surface area contributed by atoms with Gasteiger partial charge in [-0.05, 0) is 57.9 Å². The average molecular weight is 518 g/mol. The predicted molar refractivity (Wildman–Crippen MR) is 129 cm³/mol. The minimum Gasteiger partial charge on any atom is -0.444 e. The summed E-state index contributed by atoms with van der Waals surface area (Å²) in [7, 11) is 1.53. The van der Waals surface area contributed by atoms with Gasteiger partial charge in [0.2, 0.25) is 5.91 Å². The van der Waals surface area contributed by atoms with Crippen molar-refractivity contribution in [2.75, 3.05) is 22.6 Å². The van der Waals surface area contributed by atoms with E-state index in [1.807, 2.05) is 0 Å². The zero-order chi connectivity index (χ0) is 27.5. The number of rotatable bonds is 7. The van der Waals surface area contributed by atoms with E-state index in [-0.39, 0.29) is 34.4 Å². The van der Waals surface area contributed by atoms with Gasteiger partial charge in [-0.3, -0.25) is 14.9 Å². The Morgan fingerprint density at radius 3 is 2.35 bits per heavy atom. The molecule has 3 rings (SSSR count). The molecule has 0 radical (unpaired) electrons. The van der Waals surface area contributed by atoms with Crippen LogP contribution in [0.15, 0.2) is 30.5 Å². The van der Waals surface area contributed by atoms with Gasteiger partial charge >= 0.3 is 12.3 Å². The van der Waals surface area contributed by atoms with Gasteiger partial charge < -0.3 is 15.0 Å². The Bertz CT molecular complexity index is 1260. The first-order valence-electron chi connectivity index (χ1n) is 11.3. The van der Waals surface area contributed by atoms with Gasteiger partial charge in [0.05, 0.1) is 29.0 Å². The molecule has 1 aromatic heterocycles. The quantitative estimate of drug-likeness (QED) is 0.385. The van der Waals surface area contributed by atoms with Crippen LogP contribution in [0.4, 0.5) is 35.0 Å². The Morgan fingerprint density at radius 2 is 1.78 bits per heavy atom. The van der Waals surface area contributed by atoms with Crippen molar-refractivity contribution < 1.29 is 32.3 Å². The summed E-state index contributed by atoms with van der Waals surface area (Å²) in [5, 5.41) is 13.7. The highest BCUT2D eigenvalue weighted by molar-refractivity contribution is 6.12. The molecule has 2 amide bonds. The fourth-order valence-electron chi connectivity index (χ4n) is 3.49. The van der Waals surface area contributed by atoms with Gasteiger partial charge in [-0.2, -0.15) is 18.4 Å². The normalized spacial score (nSPS) is 13.4. The molecule has 1 aliphatic rings. The van der Waals surface area contributed by atoms with E-state index < -0.39 is 41.5 Å². The largest absolute Gasteiger partial charge is 0.444 e. The minimum atomic E-state index is -4.76. The smallest absolute Gasteiger partial charge is 0.418 e. The van der Waals surface area contributed by atoms with E-state index in [0.717, 1.165) is 25.0 Å². The number of amides is 2. The van der Waals surface area contributed by atoms with Crippen molar-refractivity contribution in [2.24, 2.45) is 0 Å². The fraction of sp³-hybridized carbons (Fsp3) is 0.400. The molecule has 0 saturated heterocycles. The Morgan fingerprint density at radius 1 is 1.14 bits per heavy atom. The lowest BCUT2D eigenvalue weighted by molar-refractivity contribution is -0.137. The van der Waals surface area contributed by atoms with Gasteiger partial charge in [0.1, 0.15) is 17.4 Å². The van der Waals surface area contributed by atoms with Crippen molar-refractivity contribution in [3.8, 4) is 6.07 Å². The summed E-state index contributed by atoms with van der Waals surface area (Å²) < 4.78 is 47.2. The number of carbonyl (C=O) groups excluding carboxylic acids is 3. The first-order valence-corrected chi connectivity index (χ1v) is 11.3. The van der Waals surface area contributed by atoms with E-state index in [2.05, 4.69) is 15.6 Å². The first-order chi connectivity index (χ1) is 17.2. The van der Waals surface area contributed by atoms with Crippen molar-refractivity contribution in [2.45, 2.75) is 57.9 Å². The molecule has 1 aliphatic carbocycles. The van der Waals surface area contributed by atoms with Crippen molar-refractivity contribution >= 4 is 34.8 Å². The fourth-order valence-corrected chi connectivity index (χ4v) is 3.49. The molecule has 1 saturated carbocycles. The number of ether oxygens (including phenoxy) is 1. The van der Waals surface area contributed by atoms with Crippen molar-refractivity contribution in [3.63, 3.8) is 0 Å². The molecule has 0 aliphatic heterocycles. The highest BCUT2D eigenvalue weighted by atomic mass is 19.4. The van der Waals surface area contributed by atoms with E-state index in [9.17, 15) is 27.6 Å². The molecule has 2 N–H and O–H groups in total. The Balaban J connectivity index is 1.95. The average Bonchev–Trinajstić information content (AvgIpc) is 3.63. The second-order valence-corrected chi connectivity index (χ2v) is 9.57. The Kier molecular flexibility index (Phi) is 7.76. The van der Waals surface area contributed by atoms with Gasteiger partial charge in [-0.15, -0.1) is 0 Å². The number of pyridine rings is 1. The number of anilines is 3. The summed E-state index contributed by atoms with van der Waals surface area (Å²) in [6.07, 6.45) is -3.72. The second kappa shape index (κ2) is 10.5. The van der Waals surface area contributed by atoms with Crippen LogP contribution in [0.5, 0.6) is 0 Å². The van der Waals surface area contributed by atoms with Crippen LogP contribution in [0.25, 0.3) is 0 Å². The number of halogens is 3. The highest BCUT2D eigenvalue weighted by Gasteiger charge is 2.38. The molecule has 0 unspecified atom stereocenters. The lowest BCUT2D eigenvalue weighted by Gasteiger charge is -2.26. The van der Waals surface area contributed by atoms with E-state index in [1.165, 1.54) is 30.3 Å². The van der Waals surface area contributed by atoms with Crippen molar-refractivity contribution in [1.82, 2.24) is 4.98 Å². The van der Waals surface area contributed by atoms with Crippen LogP contribution in [0.3, 0.4) is 0 Å². The number of hydrogen-bond donors (Lipinski definition) is 2. The van der Waals surface area contributed by atoms with Gasteiger partial charge in [-0.25, -0.2) is 9.78 Å². The number of nitrogens with zero attached hydrogens (tertiary/aromatic N) is 3. The SMILES string of the molecule is CN(c1cc(NC(=O)OC(C)(C)C)c(NC(=O)CC(=O)c2ccnc(C#N)c2)cc1C(F)(F)F)C1CC1. The second-order valence-electron chi connectivity index (χ2n) is 9.57. The number of Topliss-reactive ketones (excluding diaryl/α,β-unsaturated/α-hetero) is 1. The van der Waals surface area contributed by atoms with E-state index in [4.69, 9.17) is 10.00 Å². The summed E-state index contributed by atoms with van der Waals surface area (Å²) in [4.78, 5) is 42.8. The molecule has 2 aromatic rings. The summed E-state index contributed by atoms with van der Waals surface area (Å²) in [6.45, 7) is 4.87. The number of benzene rings is 1. The van der Waals surface area contributed by atoms with E-state index >= 15 is 0 Å². The molecule has 1 heterocycles. The molecular weight excluding hydrogens is 491 g/mol. The van der Waals surface area contributed by atoms with Crippen LogP contribution < -0.4 is 15.5 Å². The number of hydrogen-bond acceptors (Lipinski definition) is 7. The number of aromatic nitrogens is 1. The maximum absolute atomic E-state index is 14.0. The number of nitriles is 1. The lowest BCUT2D eigenvalue weighted by Crippen LogP contribution is -2.28. The number of nitrogens with one attached hydrogen (secondary N) is 2. The van der Waals surface area contributed by atoms with Crippen LogP contribution in [-0.2, 0) is 15.7 Å². The van der Waals surface area contributed by atoms with Crippen LogP contribution in [0.1, 0.15) is 61.6 Å². The topological polar surface area (TPSA) is 124 Å². The summed E-state index contributed by atoms with van der Waals surface area (Å²) >= 11 is 0. The lowest BCUT2D eigenvalue weighted by atomic mass is 10.1. The van der Waals surface area contributed by atoms with Crippen molar-refractivity contribution in [3.05, 3.63) is 47.3 Å². The van der Waals surface area contributed by atoms with Gasteiger partial charge in [0, 0.05) is 24.8 Å². The monoisotopic (exact) mass is 517 g/mol. The van der Waals surface area contributed by atoms with Gasteiger partial charge in [0.15, 0.2) is 5.78 Å². The van der Waals surface area contributed by atoms with Gasteiger partial charge in [0.25, 0.3) is 0 Å². The molecule has 9 nitrogen and oxygen atoms in total. The molecule has 0 spiro atoms. The molecule has 37 heavy (non-hydrogen) atoms. The minimum absolute atomic E-state index is 0.0275. The van der Waals surface area contributed by atoms with E-state index in [1.54, 1.807) is 26.8 Å².